The van der Waals surface area contributed by atoms with E-state index in [0.29, 0.717) is 0 Å². The van der Waals surface area contributed by atoms with Crippen molar-refractivity contribution in [2.24, 2.45) is 0 Å². The van der Waals surface area contributed by atoms with Crippen molar-refractivity contribution in [2.75, 3.05) is 0 Å². The minimum Gasteiger partial charge on any atom is -0.252 e. The van der Waals surface area contributed by atoms with Crippen molar-refractivity contribution in [3.8, 4) is 0 Å². The molecule has 4 rings (SSSR count). The predicted octanol–water partition coefficient (Wildman–Crippen LogP) is 9.53. The molecule has 0 saturated heterocycles. The first kappa shape index (κ1) is 25.3. The van der Waals surface area contributed by atoms with Crippen molar-refractivity contribution in [1.29, 1.82) is 0 Å². The van der Waals surface area contributed by atoms with E-state index >= 15 is 0 Å². The fourth-order valence-corrected chi connectivity index (χ4v) is 3.69. The molecule has 0 atom stereocenters. The molecule has 168 valence electrons. The highest BCUT2D eigenvalue weighted by atomic mass is 14.8. The molecule has 0 radical (unpaired) electrons. The molecule has 0 aliphatic heterocycles. The molecule has 0 fully saturated rings. The zero-order valence-corrected chi connectivity index (χ0v) is 20.7. The zero-order chi connectivity index (χ0) is 23.3. The van der Waals surface area contributed by atoms with Gasteiger partial charge in [-0.05, 0) is 29.7 Å². The second-order valence-corrected chi connectivity index (χ2v) is 7.45. The molecule has 0 spiro atoms. The molecule has 0 N–H and O–H groups in total. The number of nitrogens with zero attached hydrogens (tertiary/aromatic N) is 2. The van der Waals surface area contributed by atoms with Crippen LogP contribution in [0.4, 0.5) is 0 Å². The fraction of sp³-hybridized carbons (Fsp3) is 0.333. The molecule has 3 aromatic carbocycles. The maximum absolute atomic E-state index is 5.00. The van der Waals surface area contributed by atoms with E-state index in [0.717, 1.165) is 39.5 Å². The van der Waals surface area contributed by atoms with Gasteiger partial charge in [0.25, 0.3) is 0 Å². The Morgan fingerprint density at radius 3 is 1.78 bits per heavy atom. The number of unbranched alkanes of at least 4 members (excludes halogenated alkanes) is 2. The summed E-state index contributed by atoms with van der Waals surface area (Å²) in [4.78, 5) is 9.79. The maximum Gasteiger partial charge on any atom is 0.0979 e. The maximum atomic E-state index is 5.00. The van der Waals surface area contributed by atoms with Crippen LogP contribution in [0, 0.1) is 0 Å². The van der Waals surface area contributed by atoms with E-state index < -0.39 is 0 Å². The lowest BCUT2D eigenvalue weighted by Crippen LogP contribution is -1.94. The van der Waals surface area contributed by atoms with Gasteiger partial charge in [0.15, 0.2) is 0 Å². The zero-order valence-electron chi connectivity index (χ0n) is 20.7. The Morgan fingerprint density at radius 1 is 0.781 bits per heavy atom. The van der Waals surface area contributed by atoms with Crippen molar-refractivity contribution in [2.45, 2.75) is 67.2 Å². The Bertz CT molecular complexity index is 1150. The lowest BCUT2D eigenvalue weighted by molar-refractivity contribution is 0.772. The number of hydrogen-bond donors (Lipinski definition) is 0. The summed E-state index contributed by atoms with van der Waals surface area (Å²) in [5.41, 5.74) is 3.96. The van der Waals surface area contributed by atoms with Gasteiger partial charge in [0.1, 0.15) is 0 Å². The number of fused-ring (bicyclic) bond motifs is 6. The van der Waals surface area contributed by atoms with E-state index in [9.17, 15) is 0 Å². The first-order chi connectivity index (χ1) is 15.7. The van der Waals surface area contributed by atoms with E-state index in [-0.39, 0.29) is 0 Å². The largest absolute Gasteiger partial charge is 0.252 e. The van der Waals surface area contributed by atoms with Crippen molar-refractivity contribution in [3.05, 3.63) is 78.6 Å². The fourth-order valence-electron chi connectivity index (χ4n) is 3.69. The molecule has 0 saturated carbocycles. The van der Waals surface area contributed by atoms with Crippen LogP contribution >= 0.6 is 0 Å². The normalized spacial score (nSPS) is 11.4. The van der Waals surface area contributed by atoms with E-state index in [1.807, 2.05) is 27.0 Å². The van der Waals surface area contributed by atoms with E-state index in [1.54, 1.807) is 0 Å². The molecule has 1 heterocycles. The monoisotopic (exact) mass is 426 g/mol. The molecular formula is C30H38N2. The lowest BCUT2D eigenvalue weighted by atomic mass is 9.99. The summed E-state index contributed by atoms with van der Waals surface area (Å²) in [6, 6.07) is 16.9. The first-order valence-electron chi connectivity index (χ1n) is 12.1. The lowest BCUT2D eigenvalue weighted by Gasteiger charge is -2.10. The van der Waals surface area contributed by atoms with Gasteiger partial charge in [0, 0.05) is 10.8 Å². The van der Waals surface area contributed by atoms with Crippen LogP contribution in [0.5, 0.6) is 0 Å². The second kappa shape index (κ2) is 13.4. The van der Waals surface area contributed by atoms with Gasteiger partial charge in [0.2, 0.25) is 0 Å². The van der Waals surface area contributed by atoms with Gasteiger partial charge in [-0.15, -0.1) is 0 Å². The highest BCUT2D eigenvalue weighted by molar-refractivity contribution is 6.23. The van der Waals surface area contributed by atoms with Crippen LogP contribution in [-0.4, -0.2) is 9.97 Å². The molecule has 0 amide bonds. The van der Waals surface area contributed by atoms with Gasteiger partial charge in [0.05, 0.1) is 22.9 Å². The summed E-state index contributed by atoms with van der Waals surface area (Å²) in [5.74, 6) is 0. The quantitative estimate of drug-likeness (QED) is 0.234. The summed E-state index contributed by atoms with van der Waals surface area (Å²) in [6.45, 7) is 12.6. The minimum absolute atomic E-state index is 0.917. The van der Waals surface area contributed by atoms with E-state index in [4.69, 9.17) is 9.97 Å². The van der Waals surface area contributed by atoms with Crippen LogP contribution in [0.15, 0.2) is 73.0 Å². The van der Waals surface area contributed by atoms with Crippen molar-refractivity contribution < 1.29 is 0 Å². The first-order valence-corrected chi connectivity index (χ1v) is 12.1. The molecule has 0 aliphatic carbocycles. The molecule has 0 aliphatic rings. The third kappa shape index (κ3) is 5.82. The van der Waals surface area contributed by atoms with Crippen LogP contribution in [0.1, 0.15) is 72.9 Å². The number of rotatable bonds is 5. The summed E-state index contributed by atoms with van der Waals surface area (Å²) >= 11 is 0. The molecule has 32 heavy (non-hydrogen) atoms. The van der Waals surface area contributed by atoms with Gasteiger partial charge in [-0.2, -0.15) is 0 Å². The topological polar surface area (TPSA) is 25.8 Å². The predicted molar refractivity (Wildman–Crippen MR) is 144 cm³/mol. The van der Waals surface area contributed by atoms with Crippen molar-refractivity contribution in [3.63, 3.8) is 0 Å². The Balaban J connectivity index is 0.000000460. The van der Waals surface area contributed by atoms with Gasteiger partial charge in [-0.1, -0.05) is 121 Å². The summed E-state index contributed by atoms with van der Waals surface area (Å²) in [6.07, 6.45) is 13.3. The van der Waals surface area contributed by atoms with Crippen LogP contribution in [0.3, 0.4) is 0 Å². The molecule has 1 aromatic heterocycles. The number of aromatic nitrogens is 2. The number of allylic oxidation sites excluding steroid dienone is 4. The van der Waals surface area contributed by atoms with Crippen LogP contribution in [0.2, 0.25) is 0 Å². The van der Waals surface area contributed by atoms with Crippen LogP contribution < -0.4 is 0 Å². The van der Waals surface area contributed by atoms with E-state index in [1.165, 1.54) is 30.0 Å². The van der Waals surface area contributed by atoms with Crippen LogP contribution in [-0.2, 0) is 0 Å². The van der Waals surface area contributed by atoms with Crippen LogP contribution in [0.25, 0.3) is 38.2 Å². The van der Waals surface area contributed by atoms with Gasteiger partial charge < -0.3 is 0 Å². The third-order valence-electron chi connectivity index (χ3n) is 5.27. The Labute approximate surface area is 194 Å². The molecular weight excluding hydrogens is 388 g/mol. The summed E-state index contributed by atoms with van der Waals surface area (Å²) < 4.78 is 0. The molecule has 2 heteroatoms. The van der Waals surface area contributed by atoms with Gasteiger partial charge in [-0.3, -0.25) is 4.98 Å². The average molecular weight is 427 g/mol. The smallest absolute Gasteiger partial charge is 0.0979 e. The van der Waals surface area contributed by atoms with Gasteiger partial charge in [-0.25, -0.2) is 4.98 Å². The molecule has 4 aromatic rings. The van der Waals surface area contributed by atoms with Gasteiger partial charge >= 0.3 is 0 Å². The Hall–Kier alpha value is -3.00. The summed E-state index contributed by atoms with van der Waals surface area (Å²) in [5, 5.41) is 4.76. The SMILES string of the molecule is C/C=C(\C=C/CC)c1cnc2c3ccccc3c3ccccc3c2n1.CC.CCCCC. The highest BCUT2D eigenvalue weighted by Crippen LogP contribution is 2.33. The third-order valence-corrected chi connectivity index (χ3v) is 5.27. The molecule has 2 nitrogen and oxygen atoms in total. The molecule has 0 unspecified atom stereocenters. The molecule has 0 bridgehead atoms. The standard InChI is InChI=1S/C23H20N2.C5H12.C2H6/c1-3-5-10-16(4-2)21-15-24-22-19-13-8-6-11-17(19)18-12-7-9-14-20(18)23(22)25-21;1-3-5-4-2;1-2/h4-15H,3H2,1-2H3;3-5H2,1-2H3;1-2H3/b10-5-,16-4+;;. The Kier molecular flexibility index (Phi) is 10.6. The van der Waals surface area contributed by atoms with Crippen molar-refractivity contribution >= 4 is 38.2 Å². The Morgan fingerprint density at radius 2 is 1.31 bits per heavy atom. The van der Waals surface area contributed by atoms with E-state index in [2.05, 4.69) is 87.5 Å². The highest BCUT2D eigenvalue weighted by Gasteiger charge is 2.11. The summed E-state index contributed by atoms with van der Waals surface area (Å²) in [7, 11) is 0. The second-order valence-electron chi connectivity index (χ2n) is 7.45. The average Bonchev–Trinajstić information content (AvgIpc) is 2.87. The minimum atomic E-state index is 0.917. The number of benzene rings is 3. The van der Waals surface area contributed by atoms with Crippen molar-refractivity contribution in [1.82, 2.24) is 9.97 Å². The number of hydrogen-bond acceptors (Lipinski definition) is 2.